The highest BCUT2D eigenvalue weighted by molar-refractivity contribution is 7.89. The van der Waals surface area contributed by atoms with E-state index in [0.717, 1.165) is 24.8 Å². The molecule has 0 spiro atoms. The Bertz CT molecular complexity index is 605. The number of hydrogen-bond acceptors (Lipinski definition) is 3. The van der Waals surface area contributed by atoms with Crippen LogP contribution in [0.1, 0.15) is 51.0 Å². The summed E-state index contributed by atoms with van der Waals surface area (Å²) in [4.78, 5) is 6.22. The van der Waals surface area contributed by atoms with Gasteiger partial charge in [0.25, 0.3) is 10.0 Å². The number of rotatable bonds is 3. The third kappa shape index (κ3) is 3.07. The van der Waals surface area contributed by atoms with E-state index in [1.807, 2.05) is 26.0 Å². The molecule has 2 atom stereocenters. The molecule has 4 nitrogen and oxygen atoms in total. The minimum absolute atomic E-state index is 0.0514. The summed E-state index contributed by atoms with van der Waals surface area (Å²) in [6, 6.07) is 6.88. The van der Waals surface area contributed by atoms with E-state index in [2.05, 4.69) is 0 Å². The third-order valence-electron chi connectivity index (χ3n) is 4.90. The fourth-order valence-corrected chi connectivity index (χ4v) is 5.07. The monoisotopic (exact) mass is 323 g/mol. The first kappa shape index (κ1) is 16.0. The summed E-state index contributed by atoms with van der Waals surface area (Å²) in [5.74, 6) is 0.509. The predicted molar refractivity (Wildman–Crippen MR) is 85.7 cm³/mol. The van der Waals surface area contributed by atoms with Gasteiger partial charge in [0.05, 0.1) is 17.0 Å². The molecule has 1 aliphatic carbocycles. The molecule has 1 heterocycles. The Morgan fingerprint density at radius 2 is 1.73 bits per heavy atom. The first-order valence-electron chi connectivity index (χ1n) is 8.26. The molecule has 0 amide bonds. The van der Waals surface area contributed by atoms with Crippen molar-refractivity contribution < 1.29 is 13.3 Å². The number of hydrogen-bond donors (Lipinski definition) is 0. The lowest BCUT2D eigenvalue weighted by Gasteiger charge is -2.27. The lowest BCUT2D eigenvalue weighted by Crippen LogP contribution is -2.33. The first-order chi connectivity index (χ1) is 10.5. The Labute approximate surface area is 133 Å². The van der Waals surface area contributed by atoms with Gasteiger partial charge in [0.1, 0.15) is 0 Å². The van der Waals surface area contributed by atoms with Crippen molar-refractivity contribution in [1.29, 1.82) is 0 Å². The first-order valence-corrected chi connectivity index (χ1v) is 9.70. The molecule has 1 saturated heterocycles. The van der Waals surface area contributed by atoms with Crippen LogP contribution in [0.2, 0.25) is 0 Å². The van der Waals surface area contributed by atoms with Gasteiger partial charge < -0.3 is 0 Å². The van der Waals surface area contributed by atoms with Gasteiger partial charge in [-0.25, -0.2) is 8.42 Å². The SMILES string of the molecule is Cc1ccc(S(=O)(=O)N2O[C@@H](C3CCCCC3)CC2C)cc1. The average molecular weight is 323 g/mol. The molecule has 1 aromatic carbocycles. The van der Waals surface area contributed by atoms with Gasteiger partial charge in [-0.2, -0.15) is 0 Å². The molecule has 1 unspecified atom stereocenters. The van der Waals surface area contributed by atoms with Gasteiger partial charge in [0.15, 0.2) is 0 Å². The summed E-state index contributed by atoms with van der Waals surface area (Å²) in [6.45, 7) is 3.89. The minimum Gasteiger partial charge on any atom is -0.280 e. The van der Waals surface area contributed by atoms with E-state index in [4.69, 9.17) is 4.84 Å². The molecule has 0 bridgehead atoms. The van der Waals surface area contributed by atoms with E-state index in [1.165, 1.54) is 23.7 Å². The van der Waals surface area contributed by atoms with Crippen molar-refractivity contribution >= 4 is 10.0 Å². The molecule has 2 aliphatic rings. The Hall–Kier alpha value is -0.910. The lowest BCUT2D eigenvalue weighted by atomic mass is 9.84. The van der Waals surface area contributed by atoms with Crippen LogP contribution in [0.3, 0.4) is 0 Å². The van der Waals surface area contributed by atoms with E-state index in [9.17, 15) is 8.42 Å². The van der Waals surface area contributed by atoms with E-state index in [1.54, 1.807) is 12.1 Å². The number of benzene rings is 1. The van der Waals surface area contributed by atoms with E-state index in [-0.39, 0.29) is 12.1 Å². The van der Waals surface area contributed by atoms with Crippen LogP contribution in [0, 0.1) is 12.8 Å². The van der Waals surface area contributed by atoms with Gasteiger partial charge in [-0.05, 0) is 51.2 Å². The zero-order valence-electron chi connectivity index (χ0n) is 13.4. The number of sulfonamides is 1. The van der Waals surface area contributed by atoms with Crippen molar-refractivity contribution in [2.75, 3.05) is 0 Å². The van der Waals surface area contributed by atoms with Crippen LogP contribution in [0.15, 0.2) is 29.2 Å². The van der Waals surface area contributed by atoms with E-state index >= 15 is 0 Å². The van der Waals surface area contributed by atoms with Crippen LogP contribution >= 0.6 is 0 Å². The maximum atomic E-state index is 12.8. The Morgan fingerprint density at radius 1 is 1.09 bits per heavy atom. The second kappa shape index (κ2) is 6.30. The Balaban J connectivity index is 1.77. The van der Waals surface area contributed by atoms with Gasteiger partial charge in [0.2, 0.25) is 0 Å². The second-order valence-electron chi connectivity index (χ2n) is 6.70. The quantitative estimate of drug-likeness (QED) is 0.853. The van der Waals surface area contributed by atoms with Crippen LogP contribution < -0.4 is 0 Å². The molecule has 0 radical (unpaired) electrons. The molecule has 1 saturated carbocycles. The highest BCUT2D eigenvalue weighted by atomic mass is 32.2. The molecule has 122 valence electrons. The van der Waals surface area contributed by atoms with E-state index in [0.29, 0.717) is 10.8 Å². The van der Waals surface area contributed by atoms with Gasteiger partial charge in [-0.15, -0.1) is 0 Å². The fourth-order valence-electron chi connectivity index (χ4n) is 3.59. The van der Waals surface area contributed by atoms with Crippen LogP contribution in [0.5, 0.6) is 0 Å². The van der Waals surface area contributed by atoms with Crippen molar-refractivity contribution in [3.05, 3.63) is 29.8 Å². The zero-order valence-corrected chi connectivity index (χ0v) is 14.2. The fraction of sp³-hybridized carbons (Fsp3) is 0.647. The summed E-state index contributed by atoms with van der Waals surface area (Å²) in [5.41, 5.74) is 1.05. The van der Waals surface area contributed by atoms with Gasteiger partial charge in [-0.1, -0.05) is 41.4 Å². The minimum atomic E-state index is -3.57. The number of nitrogens with zero attached hydrogens (tertiary/aromatic N) is 1. The van der Waals surface area contributed by atoms with E-state index < -0.39 is 10.0 Å². The normalized spacial score (nSPS) is 28.1. The van der Waals surface area contributed by atoms with Crippen LogP contribution in [-0.4, -0.2) is 25.0 Å². The second-order valence-corrected chi connectivity index (χ2v) is 8.48. The topological polar surface area (TPSA) is 46.6 Å². The largest absolute Gasteiger partial charge is 0.280 e. The van der Waals surface area contributed by atoms with Crippen molar-refractivity contribution in [3.8, 4) is 0 Å². The lowest BCUT2D eigenvalue weighted by molar-refractivity contribution is -0.110. The highest BCUT2D eigenvalue weighted by Crippen LogP contribution is 2.37. The average Bonchev–Trinajstić information content (AvgIpc) is 2.91. The molecule has 1 aliphatic heterocycles. The summed E-state index contributed by atoms with van der Waals surface area (Å²) in [5, 5.41) is 0. The van der Waals surface area contributed by atoms with Crippen molar-refractivity contribution in [3.63, 3.8) is 0 Å². The maximum Gasteiger partial charge on any atom is 0.265 e. The summed E-state index contributed by atoms with van der Waals surface area (Å²) < 4.78 is 26.8. The molecular weight excluding hydrogens is 298 g/mol. The summed E-state index contributed by atoms with van der Waals surface area (Å²) in [6.07, 6.45) is 6.95. The van der Waals surface area contributed by atoms with Crippen molar-refractivity contribution in [2.45, 2.75) is 69.4 Å². The Kier molecular flexibility index (Phi) is 4.57. The van der Waals surface area contributed by atoms with Gasteiger partial charge >= 0.3 is 0 Å². The smallest absolute Gasteiger partial charge is 0.265 e. The maximum absolute atomic E-state index is 12.8. The van der Waals surface area contributed by atoms with Crippen LogP contribution in [0.25, 0.3) is 0 Å². The third-order valence-corrected chi connectivity index (χ3v) is 6.69. The predicted octanol–water partition coefficient (Wildman–Crippen LogP) is 3.66. The molecule has 0 N–H and O–H groups in total. The molecule has 0 aromatic heterocycles. The van der Waals surface area contributed by atoms with Gasteiger partial charge in [0, 0.05) is 0 Å². The number of hydroxylamine groups is 1. The summed E-state index contributed by atoms with van der Waals surface area (Å²) in [7, 11) is -3.57. The van der Waals surface area contributed by atoms with Crippen LogP contribution in [0.4, 0.5) is 0 Å². The molecular formula is C17H25NO3S. The zero-order chi connectivity index (χ0) is 15.7. The molecule has 1 aromatic rings. The standard InChI is InChI=1S/C17H25NO3S/c1-13-8-10-16(11-9-13)22(19,20)18-14(2)12-17(21-18)15-6-4-3-5-7-15/h8-11,14-15,17H,3-7,12H2,1-2H3/t14?,17-/m1/s1. The molecule has 5 heteroatoms. The van der Waals surface area contributed by atoms with Gasteiger partial charge in [-0.3, -0.25) is 4.84 Å². The van der Waals surface area contributed by atoms with Crippen molar-refractivity contribution in [1.82, 2.24) is 4.47 Å². The Morgan fingerprint density at radius 3 is 2.36 bits per heavy atom. The highest BCUT2D eigenvalue weighted by Gasteiger charge is 2.42. The van der Waals surface area contributed by atoms with Crippen LogP contribution in [-0.2, 0) is 14.9 Å². The number of aryl methyl sites for hydroxylation is 1. The molecule has 3 rings (SSSR count). The summed E-state index contributed by atoms with van der Waals surface area (Å²) >= 11 is 0. The molecule has 22 heavy (non-hydrogen) atoms. The molecule has 2 fully saturated rings. The van der Waals surface area contributed by atoms with Crippen molar-refractivity contribution in [2.24, 2.45) is 5.92 Å².